The molecule has 15 heavy (non-hydrogen) atoms. The molecule has 4 heteroatoms. The standard InChI is InChI=1S/C11H13NO3/c1-7(2)10(12-15)8-3-5-9(6-4-8)11(13)14/h3-6,10,12,15H,1H2,2H3,(H,13,14). The van der Waals surface area contributed by atoms with Crippen molar-refractivity contribution in [1.29, 1.82) is 0 Å². The Hall–Kier alpha value is -1.65. The average molecular weight is 207 g/mol. The number of carbonyl (C=O) groups is 1. The lowest BCUT2D eigenvalue weighted by Gasteiger charge is -2.15. The molecule has 1 aromatic carbocycles. The van der Waals surface area contributed by atoms with E-state index in [1.807, 2.05) is 0 Å². The topological polar surface area (TPSA) is 69.6 Å². The molecule has 0 saturated carbocycles. The Morgan fingerprint density at radius 2 is 1.93 bits per heavy atom. The second kappa shape index (κ2) is 4.72. The van der Waals surface area contributed by atoms with E-state index < -0.39 is 5.97 Å². The summed E-state index contributed by atoms with van der Waals surface area (Å²) in [5, 5.41) is 17.6. The highest BCUT2D eigenvalue weighted by molar-refractivity contribution is 5.87. The van der Waals surface area contributed by atoms with Crippen molar-refractivity contribution in [2.75, 3.05) is 0 Å². The van der Waals surface area contributed by atoms with Gasteiger partial charge < -0.3 is 10.3 Å². The van der Waals surface area contributed by atoms with Crippen LogP contribution in [0.4, 0.5) is 0 Å². The van der Waals surface area contributed by atoms with E-state index in [0.717, 1.165) is 11.1 Å². The van der Waals surface area contributed by atoms with Crippen LogP contribution in [0.15, 0.2) is 36.4 Å². The molecule has 0 radical (unpaired) electrons. The molecule has 3 N–H and O–H groups in total. The molecule has 0 bridgehead atoms. The van der Waals surface area contributed by atoms with Gasteiger partial charge in [-0.25, -0.2) is 4.79 Å². The average Bonchev–Trinajstić information content (AvgIpc) is 2.19. The van der Waals surface area contributed by atoms with Gasteiger partial charge in [0.05, 0.1) is 11.6 Å². The number of benzene rings is 1. The first kappa shape index (κ1) is 11.4. The van der Waals surface area contributed by atoms with Gasteiger partial charge in [0.25, 0.3) is 0 Å². The molecule has 0 aliphatic rings. The summed E-state index contributed by atoms with van der Waals surface area (Å²) in [5.41, 5.74) is 3.86. The lowest BCUT2D eigenvalue weighted by Crippen LogP contribution is -2.17. The number of carboxylic acids is 1. The Kier molecular flexibility index (Phi) is 3.60. The lowest BCUT2D eigenvalue weighted by molar-refractivity contribution is 0.0697. The predicted octanol–water partition coefficient (Wildman–Crippen LogP) is 1.98. The number of rotatable bonds is 4. The Labute approximate surface area is 87.8 Å². The normalized spacial score (nSPS) is 12.1. The van der Waals surface area contributed by atoms with Crippen LogP contribution in [0.3, 0.4) is 0 Å². The Balaban J connectivity index is 2.97. The number of hydrogen-bond acceptors (Lipinski definition) is 3. The van der Waals surface area contributed by atoms with Crippen molar-refractivity contribution < 1.29 is 15.1 Å². The number of hydroxylamine groups is 1. The van der Waals surface area contributed by atoms with Crippen molar-refractivity contribution in [2.24, 2.45) is 0 Å². The third kappa shape index (κ3) is 2.65. The molecule has 0 amide bonds. The lowest BCUT2D eigenvalue weighted by atomic mass is 10.0. The molecule has 1 atom stereocenters. The van der Waals surface area contributed by atoms with Gasteiger partial charge in [0.15, 0.2) is 0 Å². The molecule has 0 saturated heterocycles. The van der Waals surface area contributed by atoms with Crippen LogP contribution >= 0.6 is 0 Å². The largest absolute Gasteiger partial charge is 0.478 e. The van der Waals surface area contributed by atoms with Crippen LogP contribution in [0.25, 0.3) is 0 Å². The summed E-state index contributed by atoms with van der Waals surface area (Å²) in [7, 11) is 0. The first-order valence-corrected chi connectivity index (χ1v) is 4.44. The maximum atomic E-state index is 10.6. The second-order valence-corrected chi connectivity index (χ2v) is 3.34. The first-order chi connectivity index (χ1) is 7.06. The number of carboxylic acid groups (broad SMARTS) is 1. The van der Waals surface area contributed by atoms with Gasteiger partial charge in [-0.05, 0) is 24.6 Å². The Morgan fingerprint density at radius 1 is 1.40 bits per heavy atom. The molecule has 0 aliphatic heterocycles. The number of aromatic carboxylic acids is 1. The monoisotopic (exact) mass is 207 g/mol. The van der Waals surface area contributed by atoms with E-state index in [1.54, 1.807) is 19.1 Å². The van der Waals surface area contributed by atoms with E-state index in [4.69, 9.17) is 10.3 Å². The van der Waals surface area contributed by atoms with Crippen molar-refractivity contribution in [3.8, 4) is 0 Å². The molecule has 4 nitrogen and oxygen atoms in total. The van der Waals surface area contributed by atoms with Crippen molar-refractivity contribution >= 4 is 5.97 Å². The molecule has 1 rings (SSSR count). The van der Waals surface area contributed by atoms with Gasteiger partial charge in [-0.2, -0.15) is 5.48 Å². The fourth-order valence-corrected chi connectivity index (χ4v) is 1.29. The van der Waals surface area contributed by atoms with E-state index >= 15 is 0 Å². The zero-order valence-electron chi connectivity index (χ0n) is 8.40. The van der Waals surface area contributed by atoms with Gasteiger partial charge in [0.2, 0.25) is 0 Å². The number of hydrogen-bond donors (Lipinski definition) is 3. The van der Waals surface area contributed by atoms with Crippen LogP contribution < -0.4 is 5.48 Å². The second-order valence-electron chi connectivity index (χ2n) is 3.34. The van der Waals surface area contributed by atoms with Crippen molar-refractivity contribution in [3.63, 3.8) is 0 Å². The summed E-state index contributed by atoms with van der Waals surface area (Å²) in [6, 6.07) is 5.90. The molecule has 0 spiro atoms. The van der Waals surface area contributed by atoms with Crippen LogP contribution in [0, 0.1) is 0 Å². The van der Waals surface area contributed by atoms with E-state index in [2.05, 4.69) is 12.1 Å². The smallest absolute Gasteiger partial charge is 0.335 e. The quantitative estimate of drug-likeness (QED) is 0.521. The summed E-state index contributed by atoms with van der Waals surface area (Å²) < 4.78 is 0. The molecule has 0 fully saturated rings. The van der Waals surface area contributed by atoms with Crippen LogP contribution in [0.5, 0.6) is 0 Å². The summed E-state index contributed by atoms with van der Waals surface area (Å²) in [4.78, 5) is 10.6. The van der Waals surface area contributed by atoms with Crippen LogP contribution in [-0.2, 0) is 0 Å². The molecule has 0 aliphatic carbocycles. The highest BCUT2D eigenvalue weighted by Gasteiger charge is 2.11. The van der Waals surface area contributed by atoms with E-state index in [0.29, 0.717) is 0 Å². The molecular formula is C11H13NO3. The highest BCUT2D eigenvalue weighted by Crippen LogP contribution is 2.19. The minimum absolute atomic E-state index is 0.220. The molecule has 1 unspecified atom stereocenters. The fraction of sp³-hybridized carbons (Fsp3) is 0.182. The summed E-state index contributed by atoms with van der Waals surface area (Å²) in [6.07, 6.45) is 0. The summed E-state index contributed by atoms with van der Waals surface area (Å²) in [6.45, 7) is 5.50. The number of nitrogens with one attached hydrogen (secondary N) is 1. The van der Waals surface area contributed by atoms with E-state index in [1.165, 1.54) is 12.1 Å². The molecule has 1 aromatic rings. The van der Waals surface area contributed by atoms with Crippen LogP contribution in [0.2, 0.25) is 0 Å². The predicted molar refractivity (Wildman–Crippen MR) is 55.9 cm³/mol. The zero-order valence-corrected chi connectivity index (χ0v) is 8.40. The van der Waals surface area contributed by atoms with E-state index in [-0.39, 0.29) is 11.6 Å². The summed E-state index contributed by atoms with van der Waals surface area (Å²) >= 11 is 0. The summed E-state index contributed by atoms with van der Waals surface area (Å²) in [5.74, 6) is -0.967. The highest BCUT2D eigenvalue weighted by atomic mass is 16.5. The minimum Gasteiger partial charge on any atom is -0.478 e. The zero-order chi connectivity index (χ0) is 11.4. The molecule has 0 heterocycles. The fourth-order valence-electron chi connectivity index (χ4n) is 1.29. The maximum absolute atomic E-state index is 10.6. The van der Waals surface area contributed by atoms with Gasteiger partial charge in [-0.3, -0.25) is 0 Å². The van der Waals surface area contributed by atoms with Crippen molar-refractivity contribution in [1.82, 2.24) is 5.48 Å². The van der Waals surface area contributed by atoms with Gasteiger partial charge in [0, 0.05) is 0 Å². The Morgan fingerprint density at radius 3 is 2.27 bits per heavy atom. The molecular weight excluding hydrogens is 194 g/mol. The van der Waals surface area contributed by atoms with Crippen molar-refractivity contribution in [2.45, 2.75) is 13.0 Å². The van der Waals surface area contributed by atoms with Crippen LogP contribution in [0.1, 0.15) is 28.9 Å². The van der Waals surface area contributed by atoms with E-state index in [9.17, 15) is 4.79 Å². The van der Waals surface area contributed by atoms with Gasteiger partial charge in [-0.1, -0.05) is 24.3 Å². The van der Waals surface area contributed by atoms with Gasteiger partial charge >= 0.3 is 5.97 Å². The minimum atomic E-state index is -0.967. The maximum Gasteiger partial charge on any atom is 0.335 e. The van der Waals surface area contributed by atoms with Gasteiger partial charge in [0.1, 0.15) is 0 Å². The van der Waals surface area contributed by atoms with Crippen LogP contribution in [-0.4, -0.2) is 16.3 Å². The van der Waals surface area contributed by atoms with Gasteiger partial charge in [-0.15, -0.1) is 0 Å². The molecule has 80 valence electrons. The molecule has 0 aromatic heterocycles. The first-order valence-electron chi connectivity index (χ1n) is 4.44. The third-order valence-corrected chi connectivity index (χ3v) is 2.11. The SMILES string of the molecule is C=C(C)C(NO)c1ccc(C(=O)O)cc1. The third-order valence-electron chi connectivity index (χ3n) is 2.11. The Bertz CT molecular complexity index is 370. The van der Waals surface area contributed by atoms with Crippen molar-refractivity contribution in [3.05, 3.63) is 47.5 Å².